The van der Waals surface area contributed by atoms with Gasteiger partial charge in [0.1, 0.15) is 5.02 Å². The molecule has 0 amide bonds. The molecule has 0 fully saturated rings. The van der Waals surface area contributed by atoms with Gasteiger partial charge < -0.3 is 5.32 Å². The maximum atomic E-state index is 11.8. The van der Waals surface area contributed by atoms with Crippen LogP contribution in [0.15, 0.2) is 29.2 Å². The molecule has 0 aromatic carbocycles. The van der Waals surface area contributed by atoms with Gasteiger partial charge in [-0.1, -0.05) is 17.7 Å². The van der Waals surface area contributed by atoms with Gasteiger partial charge in [0.2, 0.25) is 0 Å². The van der Waals surface area contributed by atoms with Gasteiger partial charge in [-0.15, -0.1) is 0 Å². The Morgan fingerprint density at radius 2 is 2.21 bits per heavy atom. The van der Waals surface area contributed by atoms with Crippen LogP contribution < -0.4 is 10.9 Å². The van der Waals surface area contributed by atoms with E-state index >= 15 is 0 Å². The van der Waals surface area contributed by atoms with Crippen molar-refractivity contribution >= 4 is 17.3 Å². The molecule has 0 spiro atoms. The molecule has 0 aliphatic heterocycles. The lowest BCUT2D eigenvalue weighted by Gasteiger charge is -2.09. The second-order valence-electron chi connectivity index (χ2n) is 4.12. The molecule has 0 unspecified atom stereocenters. The van der Waals surface area contributed by atoms with Gasteiger partial charge in [-0.25, -0.2) is 4.68 Å². The SMILES string of the molecule is CCn1ncc(NCc2cccc(C)n2)c(Cl)c1=O. The number of nitrogens with zero attached hydrogens (tertiary/aromatic N) is 3. The van der Waals surface area contributed by atoms with Crippen LogP contribution >= 0.6 is 11.6 Å². The number of anilines is 1. The molecule has 2 aromatic heterocycles. The number of aryl methyl sites for hydroxylation is 2. The van der Waals surface area contributed by atoms with E-state index in [-0.39, 0.29) is 10.6 Å². The molecule has 6 heteroatoms. The highest BCUT2D eigenvalue weighted by Crippen LogP contribution is 2.16. The highest BCUT2D eigenvalue weighted by molar-refractivity contribution is 6.32. The average molecular weight is 279 g/mol. The molecule has 2 aromatic rings. The summed E-state index contributed by atoms with van der Waals surface area (Å²) in [4.78, 5) is 16.2. The van der Waals surface area contributed by atoms with Crippen LogP contribution in [0.3, 0.4) is 0 Å². The first-order valence-corrected chi connectivity index (χ1v) is 6.41. The molecular formula is C13H15ClN4O. The largest absolute Gasteiger partial charge is 0.377 e. The predicted molar refractivity (Wildman–Crippen MR) is 75.5 cm³/mol. The second kappa shape index (κ2) is 5.84. The summed E-state index contributed by atoms with van der Waals surface area (Å²) in [7, 11) is 0. The van der Waals surface area contributed by atoms with Crippen molar-refractivity contribution < 1.29 is 0 Å². The maximum Gasteiger partial charge on any atom is 0.287 e. The fourth-order valence-electron chi connectivity index (χ4n) is 1.70. The molecule has 5 nitrogen and oxygen atoms in total. The number of halogens is 1. The van der Waals surface area contributed by atoms with Crippen molar-refractivity contribution in [2.24, 2.45) is 0 Å². The molecule has 0 aliphatic rings. The van der Waals surface area contributed by atoms with Crippen molar-refractivity contribution in [2.75, 3.05) is 5.32 Å². The number of nitrogens with one attached hydrogen (secondary N) is 1. The first-order chi connectivity index (χ1) is 9.11. The third kappa shape index (κ3) is 3.12. The molecule has 2 heterocycles. The highest BCUT2D eigenvalue weighted by atomic mass is 35.5. The maximum absolute atomic E-state index is 11.8. The lowest BCUT2D eigenvalue weighted by atomic mass is 10.3. The van der Waals surface area contributed by atoms with E-state index in [1.165, 1.54) is 4.68 Å². The number of hydrogen-bond donors (Lipinski definition) is 1. The van der Waals surface area contributed by atoms with E-state index in [0.717, 1.165) is 11.4 Å². The molecule has 0 saturated carbocycles. The summed E-state index contributed by atoms with van der Waals surface area (Å²) in [5, 5.41) is 7.26. The number of pyridine rings is 1. The van der Waals surface area contributed by atoms with Crippen LogP contribution in [-0.2, 0) is 13.1 Å². The fraction of sp³-hybridized carbons (Fsp3) is 0.308. The van der Waals surface area contributed by atoms with E-state index in [1.54, 1.807) is 6.20 Å². The minimum atomic E-state index is -0.286. The molecule has 0 aliphatic carbocycles. The van der Waals surface area contributed by atoms with Crippen molar-refractivity contribution in [3.63, 3.8) is 0 Å². The van der Waals surface area contributed by atoms with Gasteiger partial charge in [0.15, 0.2) is 0 Å². The Morgan fingerprint density at radius 3 is 2.89 bits per heavy atom. The first-order valence-electron chi connectivity index (χ1n) is 6.04. The summed E-state index contributed by atoms with van der Waals surface area (Å²) in [5.41, 5.74) is 2.08. The fourth-order valence-corrected chi connectivity index (χ4v) is 1.91. The van der Waals surface area contributed by atoms with Crippen LogP contribution in [0.1, 0.15) is 18.3 Å². The summed E-state index contributed by atoms with van der Waals surface area (Å²) >= 11 is 6.02. The van der Waals surface area contributed by atoms with E-state index in [1.807, 2.05) is 32.0 Å². The van der Waals surface area contributed by atoms with Gasteiger partial charge in [-0.05, 0) is 26.0 Å². The van der Waals surface area contributed by atoms with E-state index in [0.29, 0.717) is 18.8 Å². The second-order valence-corrected chi connectivity index (χ2v) is 4.49. The predicted octanol–water partition coefficient (Wildman–Crippen LogP) is 2.23. The third-order valence-corrected chi connectivity index (χ3v) is 3.06. The van der Waals surface area contributed by atoms with Gasteiger partial charge in [0.25, 0.3) is 5.56 Å². The van der Waals surface area contributed by atoms with Crippen molar-refractivity contribution in [2.45, 2.75) is 26.9 Å². The van der Waals surface area contributed by atoms with Crippen molar-refractivity contribution in [1.82, 2.24) is 14.8 Å². The summed E-state index contributed by atoms with van der Waals surface area (Å²) < 4.78 is 1.32. The zero-order chi connectivity index (χ0) is 13.8. The summed E-state index contributed by atoms with van der Waals surface area (Å²) in [6.07, 6.45) is 1.56. The van der Waals surface area contributed by atoms with E-state index < -0.39 is 0 Å². The first kappa shape index (κ1) is 13.5. The number of rotatable bonds is 4. The highest BCUT2D eigenvalue weighted by Gasteiger charge is 2.08. The topological polar surface area (TPSA) is 59.8 Å². The van der Waals surface area contributed by atoms with Gasteiger partial charge in [-0.2, -0.15) is 5.10 Å². The standard InChI is InChI=1S/C13H15ClN4O/c1-3-18-13(19)12(14)11(8-16-18)15-7-10-6-4-5-9(2)17-10/h4-6,8,15H,3,7H2,1-2H3. The van der Waals surface area contributed by atoms with E-state index in [4.69, 9.17) is 11.6 Å². The third-order valence-electron chi connectivity index (χ3n) is 2.69. The zero-order valence-electron chi connectivity index (χ0n) is 10.9. The lowest BCUT2D eigenvalue weighted by molar-refractivity contribution is 0.616. The van der Waals surface area contributed by atoms with E-state index in [9.17, 15) is 4.79 Å². The smallest absolute Gasteiger partial charge is 0.287 e. The molecule has 0 atom stereocenters. The summed E-state index contributed by atoms with van der Waals surface area (Å²) in [5.74, 6) is 0. The van der Waals surface area contributed by atoms with E-state index in [2.05, 4.69) is 15.4 Å². The number of hydrogen-bond acceptors (Lipinski definition) is 4. The minimum Gasteiger partial charge on any atom is -0.377 e. The normalized spacial score (nSPS) is 10.5. The van der Waals surface area contributed by atoms with Crippen LogP contribution in [-0.4, -0.2) is 14.8 Å². The molecular weight excluding hydrogens is 264 g/mol. The van der Waals surface area contributed by atoms with Crippen molar-refractivity contribution in [1.29, 1.82) is 0 Å². The Kier molecular flexibility index (Phi) is 4.16. The Balaban J connectivity index is 2.16. The molecule has 0 bridgehead atoms. The Labute approximate surface area is 116 Å². The summed E-state index contributed by atoms with van der Waals surface area (Å²) in [6.45, 7) is 4.77. The zero-order valence-corrected chi connectivity index (χ0v) is 11.6. The van der Waals surface area contributed by atoms with Crippen LogP contribution in [0.5, 0.6) is 0 Å². The lowest BCUT2D eigenvalue weighted by Crippen LogP contribution is -2.23. The van der Waals surface area contributed by atoms with Crippen LogP contribution in [0.2, 0.25) is 5.02 Å². The van der Waals surface area contributed by atoms with Gasteiger partial charge >= 0.3 is 0 Å². The molecule has 19 heavy (non-hydrogen) atoms. The Morgan fingerprint density at radius 1 is 1.42 bits per heavy atom. The monoisotopic (exact) mass is 278 g/mol. The summed E-state index contributed by atoms with van der Waals surface area (Å²) in [6, 6.07) is 5.78. The number of aromatic nitrogens is 3. The molecule has 0 saturated heterocycles. The molecule has 0 radical (unpaired) electrons. The van der Waals surface area contributed by atoms with Gasteiger partial charge in [-0.3, -0.25) is 9.78 Å². The van der Waals surface area contributed by atoms with Gasteiger partial charge in [0, 0.05) is 12.2 Å². The van der Waals surface area contributed by atoms with Crippen LogP contribution in [0.4, 0.5) is 5.69 Å². The molecule has 100 valence electrons. The molecule has 1 N–H and O–H groups in total. The van der Waals surface area contributed by atoms with Crippen molar-refractivity contribution in [3.8, 4) is 0 Å². The average Bonchev–Trinajstić information content (AvgIpc) is 2.41. The van der Waals surface area contributed by atoms with Crippen molar-refractivity contribution in [3.05, 3.63) is 51.2 Å². The Hall–Kier alpha value is -1.88. The quantitative estimate of drug-likeness (QED) is 0.932. The Bertz CT molecular complexity index is 639. The van der Waals surface area contributed by atoms with Gasteiger partial charge in [0.05, 0.1) is 24.1 Å². The minimum absolute atomic E-state index is 0.157. The van der Waals surface area contributed by atoms with Crippen LogP contribution in [0, 0.1) is 6.92 Å². The molecule has 2 rings (SSSR count). The van der Waals surface area contributed by atoms with Crippen LogP contribution in [0.25, 0.3) is 0 Å².